The lowest BCUT2D eigenvalue weighted by molar-refractivity contribution is -0.119. The normalized spacial score (nSPS) is 10.7. The van der Waals surface area contributed by atoms with E-state index in [1.807, 2.05) is 13.8 Å². The molecule has 0 saturated carbocycles. The molecule has 0 radical (unpaired) electrons. The molecule has 82 valence electrons. The van der Waals surface area contributed by atoms with Gasteiger partial charge in [0.25, 0.3) is 0 Å². The third-order valence-corrected chi connectivity index (χ3v) is 2.27. The number of Topliss-reactive ketones (excluding diaryl/α,β-unsaturated/α-hetero) is 1. The zero-order valence-electron chi connectivity index (χ0n) is 8.89. The van der Waals surface area contributed by atoms with Crippen LogP contribution >= 0.6 is 11.6 Å². The molecule has 15 heavy (non-hydrogen) atoms. The van der Waals surface area contributed by atoms with Crippen LogP contribution in [0.15, 0.2) is 18.2 Å². The van der Waals surface area contributed by atoms with Crippen molar-refractivity contribution in [2.75, 3.05) is 0 Å². The van der Waals surface area contributed by atoms with E-state index in [1.165, 1.54) is 18.2 Å². The molecule has 0 atom stereocenters. The SMILES string of the molecule is CC(C)CC(=O)Cc1cc(Cl)ccc1F. The van der Waals surface area contributed by atoms with Crippen molar-refractivity contribution in [3.8, 4) is 0 Å². The molecule has 1 nitrogen and oxygen atoms in total. The van der Waals surface area contributed by atoms with Crippen LogP contribution in [0.5, 0.6) is 0 Å². The van der Waals surface area contributed by atoms with E-state index in [1.54, 1.807) is 0 Å². The number of benzene rings is 1. The van der Waals surface area contributed by atoms with Crippen molar-refractivity contribution in [3.63, 3.8) is 0 Å². The molecule has 0 spiro atoms. The lowest BCUT2D eigenvalue weighted by Gasteiger charge is -2.05. The van der Waals surface area contributed by atoms with Gasteiger partial charge in [-0.25, -0.2) is 4.39 Å². The van der Waals surface area contributed by atoms with Crippen LogP contribution in [0, 0.1) is 11.7 Å². The van der Waals surface area contributed by atoms with Crippen molar-refractivity contribution in [3.05, 3.63) is 34.6 Å². The van der Waals surface area contributed by atoms with Gasteiger partial charge in [0.05, 0.1) is 0 Å². The highest BCUT2D eigenvalue weighted by Gasteiger charge is 2.10. The second-order valence-corrected chi connectivity index (χ2v) is 4.49. The largest absolute Gasteiger partial charge is 0.299 e. The van der Waals surface area contributed by atoms with E-state index >= 15 is 0 Å². The Hall–Kier alpha value is -0.890. The maximum atomic E-state index is 13.3. The van der Waals surface area contributed by atoms with Gasteiger partial charge >= 0.3 is 0 Å². The van der Waals surface area contributed by atoms with Crippen LogP contribution in [0.3, 0.4) is 0 Å². The summed E-state index contributed by atoms with van der Waals surface area (Å²) >= 11 is 5.73. The Kier molecular flexibility index (Phi) is 4.28. The van der Waals surface area contributed by atoms with Gasteiger partial charge in [-0.05, 0) is 29.7 Å². The topological polar surface area (TPSA) is 17.1 Å². The number of hydrogen-bond donors (Lipinski definition) is 0. The first-order valence-corrected chi connectivity index (χ1v) is 5.32. The molecule has 0 saturated heterocycles. The summed E-state index contributed by atoms with van der Waals surface area (Å²) in [6, 6.07) is 4.28. The molecule has 0 aromatic heterocycles. The molecule has 0 aliphatic carbocycles. The number of hydrogen-bond acceptors (Lipinski definition) is 1. The van der Waals surface area contributed by atoms with Crippen LogP contribution in [0.4, 0.5) is 4.39 Å². The van der Waals surface area contributed by atoms with Crippen molar-refractivity contribution >= 4 is 17.4 Å². The van der Waals surface area contributed by atoms with Crippen LogP contribution in [0.25, 0.3) is 0 Å². The number of rotatable bonds is 4. The lowest BCUT2D eigenvalue weighted by atomic mass is 10.0. The van der Waals surface area contributed by atoms with Gasteiger partial charge in [0.2, 0.25) is 0 Å². The van der Waals surface area contributed by atoms with Gasteiger partial charge in [-0.2, -0.15) is 0 Å². The predicted octanol–water partition coefficient (Wildman–Crippen LogP) is 3.64. The van der Waals surface area contributed by atoms with Crippen molar-refractivity contribution in [2.24, 2.45) is 5.92 Å². The first-order chi connectivity index (χ1) is 6.99. The van der Waals surface area contributed by atoms with Gasteiger partial charge < -0.3 is 0 Å². The molecule has 0 bridgehead atoms. The van der Waals surface area contributed by atoms with Crippen LogP contribution < -0.4 is 0 Å². The molecule has 0 N–H and O–H groups in total. The number of carbonyl (C=O) groups is 1. The van der Waals surface area contributed by atoms with Gasteiger partial charge in [-0.1, -0.05) is 25.4 Å². The fourth-order valence-corrected chi connectivity index (χ4v) is 1.61. The Morgan fingerprint density at radius 1 is 1.47 bits per heavy atom. The Labute approximate surface area is 94.3 Å². The Morgan fingerprint density at radius 3 is 2.73 bits per heavy atom. The monoisotopic (exact) mass is 228 g/mol. The zero-order chi connectivity index (χ0) is 11.4. The molecular weight excluding hydrogens is 215 g/mol. The molecular formula is C12H14ClFO. The summed E-state index contributed by atoms with van der Waals surface area (Å²) in [4.78, 5) is 11.5. The lowest BCUT2D eigenvalue weighted by Crippen LogP contribution is -2.07. The Balaban J connectivity index is 2.71. The second-order valence-electron chi connectivity index (χ2n) is 4.05. The zero-order valence-corrected chi connectivity index (χ0v) is 9.64. The van der Waals surface area contributed by atoms with E-state index in [0.717, 1.165) is 0 Å². The smallest absolute Gasteiger partial charge is 0.137 e. The van der Waals surface area contributed by atoms with E-state index in [-0.39, 0.29) is 18.0 Å². The minimum Gasteiger partial charge on any atom is -0.299 e. The summed E-state index contributed by atoms with van der Waals surface area (Å²) in [6.45, 7) is 3.93. The highest BCUT2D eigenvalue weighted by atomic mass is 35.5. The molecule has 1 aromatic rings. The van der Waals surface area contributed by atoms with E-state index in [4.69, 9.17) is 11.6 Å². The molecule has 3 heteroatoms. The van der Waals surface area contributed by atoms with Crippen LogP contribution in [-0.2, 0) is 11.2 Å². The quantitative estimate of drug-likeness (QED) is 0.769. The molecule has 0 heterocycles. The first-order valence-electron chi connectivity index (χ1n) is 4.94. The fourth-order valence-electron chi connectivity index (χ4n) is 1.42. The highest BCUT2D eigenvalue weighted by Crippen LogP contribution is 2.16. The molecule has 0 fully saturated rings. The van der Waals surface area contributed by atoms with Gasteiger partial charge in [0.15, 0.2) is 0 Å². The van der Waals surface area contributed by atoms with Gasteiger partial charge in [-0.15, -0.1) is 0 Å². The fraction of sp³-hybridized carbons (Fsp3) is 0.417. The minimum atomic E-state index is -0.364. The molecule has 1 aromatic carbocycles. The van der Waals surface area contributed by atoms with Gasteiger partial charge in [0.1, 0.15) is 11.6 Å². The maximum Gasteiger partial charge on any atom is 0.137 e. The van der Waals surface area contributed by atoms with Gasteiger partial charge in [0, 0.05) is 17.9 Å². The predicted molar refractivity (Wildman–Crippen MR) is 59.6 cm³/mol. The van der Waals surface area contributed by atoms with E-state index < -0.39 is 0 Å². The maximum absolute atomic E-state index is 13.3. The van der Waals surface area contributed by atoms with E-state index in [0.29, 0.717) is 22.9 Å². The average Bonchev–Trinajstić information content (AvgIpc) is 2.10. The molecule has 1 rings (SSSR count). The average molecular weight is 229 g/mol. The van der Waals surface area contributed by atoms with Crippen LogP contribution in [0.2, 0.25) is 5.02 Å². The first kappa shape index (κ1) is 12.2. The summed E-state index contributed by atoms with van der Waals surface area (Å²) in [6.07, 6.45) is 0.608. The second kappa shape index (κ2) is 5.26. The summed E-state index contributed by atoms with van der Waals surface area (Å²) in [5, 5.41) is 0.462. The van der Waals surface area contributed by atoms with Gasteiger partial charge in [-0.3, -0.25) is 4.79 Å². The molecule has 0 aliphatic heterocycles. The third-order valence-electron chi connectivity index (χ3n) is 2.03. The standard InChI is InChI=1S/C12H14ClFO/c1-8(2)5-11(15)7-9-6-10(13)3-4-12(9)14/h3-4,6,8H,5,7H2,1-2H3. The molecule has 0 aliphatic rings. The Bertz CT molecular complexity index is 361. The van der Waals surface area contributed by atoms with Crippen LogP contribution in [0.1, 0.15) is 25.8 Å². The van der Waals surface area contributed by atoms with Crippen molar-refractivity contribution in [1.29, 1.82) is 0 Å². The van der Waals surface area contributed by atoms with Crippen molar-refractivity contribution in [2.45, 2.75) is 26.7 Å². The number of ketones is 1. The Morgan fingerprint density at radius 2 is 2.13 bits per heavy atom. The summed E-state index contributed by atoms with van der Waals surface area (Å²) < 4.78 is 13.3. The summed E-state index contributed by atoms with van der Waals surface area (Å²) in [5.74, 6) is -0.0116. The summed E-state index contributed by atoms with van der Waals surface area (Å²) in [7, 11) is 0. The number of halogens is 2. The van der Waals surface area contributed by atoms with Crippen molar-refractivity contribution < 1.29 is 9.18 Å². The van der Waals surface area contributed by atoms with E-state index in [2.05, 4.69) is 0 Å². The van der Waals surface area contributed by atoms with Crippen LogP contribution in [-0.4, -0.2) is 5.78 Å². The van der Waals surface area contributed by atoms with Crippen molar-refractivity contribution in [1.82, 2.24) is 0 Å². The number of carbonyl (C=O) groups excluding carboxylic acids is 1. The summed E-state index contributed by atoms with van der Waals surface area (Å²) in [5.41, 5.74) is 0.383. The molecule has 0 amide bonds. The molecule has 0 unspecified atom stereocenters. The van der Waals surface area contributed by atoms with E-state index in [9.17, 15) is 9.18 Å². The third kappa shape index (κ3) is 4.00. The highest BCUT2D eigenvalue weighted by molar-refractivity contribution is 6.30. The minimum absolute atomic E-state index is 0.0474.